The summed E-state index contributed by atoms with van der Waals surface area (Å²) < 4.78 is 0. The number of carbonyl (C=O) groups is 1. The summed E-state index contributed by atoms with van der Waals surface area (Å²) in [6, 6.07) is 0.486. The predicted octanol–water partition coefficient (Wildman–Crippen LogP) is 4.78. The molecule has 4 rings (SSSR count). The van der Waals surface area contributed by atoms with Crippen LogP contribution in [0.25, 0.3) is 0 Å². The van der Waals surface area contributed by atoms with E-state index >= 15 is 0 Å². The molecule has 130 valence electrons. The van der Waals surface area contributed by atoms with E-state index in [0.29, 0.717) is 17.9 Å². The lowest BCUT2D eigenvalue weighted by molar-refractivity contribution is -0.129. The smallest absolute Gasteiger partial charge is 0.223 e. The van der Waals surface area contributed by atoms with Gasteiger partial charge in [-0.3, -0.25) is 4.79 Å². The molecule has 4 fully saturated rings. The van der Waals surface area contributed by atoms with Crippen molar-refractivity contribution in [3.63, 3.8) is 0 Å². The second kappa shape index (κ2) is 6.41. The first-order valence-electron chi connectivity index (χ1n) is 10.4. The minimum atomic E-state index is 0.326. The highest BCUT2D eigenvalue weighted by molar-refractivity contribution is 5.79. The molecule has 2 heteroatoms. The van der Waals surface area contributed by atoms with Crippen molar-refractivity contribution in [2.24, 2.45) is 41.4 Å². The molecule has 1 N–H and O–H groups in total. The molecule has 4 saturated carbocycles. The zero-order chi connectivity index (χ0) is 16.0. The average Bonchev–Trinajstić information content (AvgIpc) is 2.44. The lowest BCUT2D eigenvalue weighted by Gasteiger charge is -2.44. The van der Waals surface area contributed by atoms with Crippen molar-refractivity contribution in [1.29, 1.82) is 0 Å². The molecule has 4 unspecified atom stereocenters. The first-order chi connectivity index (χ1) is 11.0. The van der Waals surface area contributed by atoms with Crippen molar-refractivity contribution in [3.8, 4) is 0 Å². The number of carbonyl (C=O) groups excluding carboxylic acids is 1. The molecule has 1 amide bonds. The third-order valence-electron chi connectivity index (χ3n) is 7.46. The Morgan fingerprint density at radius 1 is 0.652 bits per heavy atom. The molecule has 0 heterocycles. The van der Waals surface area contributed by atoms with Crippen LogP contribution in [0.5, 0.6) is 0 Å². The summed E-state index contributed by atoms with van der Waals surface area (Å²) in [5, 5.41) is 3.49. The largest absolute Gasteiger partial charge is 0.353 e. The average molecular weight is 318 g/mol. The Morgan fingerprint density at radius 3 is 1.57 bits per heavy atom. The van der Waals surface area contributed by atoms with E-state index in [1.165, 1.54) is 64.2 Å². The maximum Gasteiger partial charge on any atom is 0.223 e. The van der Waals surface area contributed by atoms with Gasteiger partial charge in [-0.25, -0.2) is 0 Å². The van der Waals surface area contributed by atoms with Crippen LogP contribution in [0.1, 0.15) is 78.1 Å². The Hall–Kier alpha value is -0.530. The van der Waals surface area contributed by atoms with Crippen molar-refractivity contribution >= 4 is 5.91 Å². The third kappa shape index (κ3) is 3.61. The standard InChI is InChI=1S/C21H35NO/c1-13-3-15-7-16(4-13)10-19(9-15)21(23)22-20-11-17-5-14(2)6-18(8-17)12-20/h13-20H,3-12H2,1-2H3,(H,22,23). The highest BCUT2D eigenvalue weighted by Crippen LogP contribution is 2.45. The summed E-state index contributed by atoms with van der Waals surface area (Å²) in [5.74, 6) is 5.97. The Balaban J connectivity index is 1.32. The maximum absolute atomic E-state index is 12.9. The second-order valence-corrected chi connectivity index (χ2v) is 9.93. The maximum atomic E-state index is 12.9. The molecular formula is C21H35NO. The van der Waals surface area contributed by atoms with E-state index in [1.54, 1.807) is 0 Å². The highest BCUT2D eigenvalue weighted by Gasteiger charge is 2.39. The van der Waals surface area contributed by atoms with E-state index < -0.39 is 0 Å². The van der Waals surface area contributed by atoms with Crippen molar-refractivity contribution in [3.05, 3.63) is 0 Å². The van der Waals surface area contributed by atoms with Gasteiger partial charge in [-0.1, -0.05) is 13.8 Å². The molecule has 0 spiro atoms. The zero-order valence-corrected chi connectivity index (χ0v) is 15.1. The fourth-order valence-electron chi connectivity index (χ4n) is 7.02. The minimum Gasteiger partial charge on any atom is -0.353 e. The number of rotatable bonds is 2. The molecule has 0 aliphatic heterocycles. The van der Waals surface area contributed by atoms with Crippen molar-refractivity contribution in [2.75, 3.05) is 0 Å². The van der Waals surface area contributed by atoms with Gasteiger partial charge in [0, 0.05) is 12.0 Å². The van der Waals surface area contributed by atoms with E-state index in [1.807, 2.05) is 0 Å². The Bertz CT molecular complexity index is 411. The van der Waals surface area contributed by atoms with Gasteiger partial charge < -0.3 is 5.32 Å². The molecule has 2 nitrogen and oxygen atoms in total. The summed E-state index contributed by atoms with van der Waals surface area (Å²) in [4.78, 5) is 12.9. The molecular weight excluding hydrogens is 282 g/mol. The molecule has 0 saturated heterocycles. The first kappa shape index (κ1) is 16.0. The second-order valence-electron chi connectivity index (χ2n) is 9.93. The normalized spacial score (nSPS) is 49.5. The molecule has 0 aromatic carbocycles. The van der Waals surface area contributed by atoms with Crippen LogP contribution in [-0.4, -0.2) is 11.9 Å². The quantitative estimate of drug-likeness (QED) is 0.780. The fourth-order valence-corrected chi connectivity index (χ4v) is 7.02. The van der Waals surface area contributed by atoms with Crippen LogP contribution in [0, 0.1) is 41.4 Å². The highest BCUT2D eigenvalue weighted by atomic mass is 16.1. The Morgan fingerprint density at radius 2 is 1.09 bits per heavy atom. The van der Waals surface area contributed by atoms with Gasteiger partial charge in [0.2, 0.25) is 5.91 Å². The molecule has 4 atom stereocenters. The lowest BCUT2D eigenvalue weighted by atomic mass is 9.64. The Kier molecular flexibility index (Phi) is 4.45. The van der Waals surface area contributed by atoms with Crippen LogP contribution >= 0.6 is 0 Å². The number of nitrogens with one attached hydrogen (secondary N) is 1. The van der Waals surface area contributed by atoms with Crippen LogP contribution in [0.2, 0.25) is 0 Å². The summed E-state index contributed by atoms with van der Waals surface area (Å²) in [5.41, 5.74) is 0. The van der Waals surface area contributed by atoms with Crippen LogP contribution in [-0.2, 0) is 4.79 Å². The van der Waals surface area contributed by atoms with Gasteiger partial charge >= 0.3 is 0 Å². The number of amides is 1. The fraction of sp³-hybridized carbons (Fsp3) is 0.952. The van der Waals surface area contributed by atoms with Crippen LogP contribution in [0.15, 0.2) is 0 Å². The van der Waals surface area contributed by atoms with Gasteiger partial charge in [0.1, 0.15) is 0 Å². The molecule has 4 bridgehead atoms. The van der Waals surface area contributed by atoms with Crippen molar-refractivity contribution in [1.82, 2.24) is 5.32 Å². The summed E-state index contributed by atoms with van der Waals surface area (Å²) >= 11 is 0. The van der Waals surface area contributed by atoms with E-state index in [2.05, 4.69) is 19.2 Å². The first-order valence-corrected chi connectivity index (χ1v) is 10.4. The SMILES string of the molecule is CC1CC2CC(C1)CC(NC(=O)C1CC3CC(C)CC(C3)C1)C2. The zero-order valence-electron chi connectivity index (χ0n) is 15.1. The van der Waals surface area contributed by atoms with Gasteiger partial charge in [-0.2, -0.15) is 0 Å². The predicted molar refractivity (Wildman–Crippen MR) is 93.9 cm³/mol. The van der Waals surface area contributed by atoms with Gasteiger partial charge in [-0.05, 0) is 99.7 Å². The van der Waals surface area contributed by atoms with Gasteiger partial charge in [-0.15, -0.1) is 0 Å². The molecule has 0 aromatic heterocycles. The van der Waals surface area contributed by atoms with Crippen molar-refractivity contribution in [2.45, 2.75) is 84.1 Å². The molecule has 23 heavy (non-hydrogen) atoms. The molecule has 0 radical (unpaired) electrons. The van der Waals surface area contributed by atoms with E-state index in [9.17, 15) is 4.79 Å². The van der Waals surface area contributed by atoms with E-state index in [4.69, 9.17) is 0 Å². The van der Waals surface area contributed by atoms with Crippen molar-refractivity contribution < 1.29 is 4.79 Å². The van der Waals surface area contributed by atoms with Crippen LogP contribution < -0.4 is 5.32 Å². The molecule has 0 aromatic rings. The topological polar surface area (TPSA) is 29.1 Å². The number of fused-ring (bicyclic) bond motifs is 4. The summed E-state index contributed by atoms with van der Waals surface area (Å²) in [7, 11) is 0. The number of hydrogen-bond donors (Lipinski definition) is 1. The Labute approximate surface area is 142 Å². The van der Waals surface area contributed by atoms with Crippen LogP contribution in [0.3, 0.4) is 0 Å². The summed E-state index contributed by atoms with van der Waals surface area (Å²) in [6.07, 6.45) is 13.2. The molecule has 4 aliphatic rings. The summed E-state index contributed by atoms with van der Waals surface area (Å²) in [6.45, 7) is 4.82. The van der Waals surface area contributed by atoms with Gasteiger partial charge in [0.15, 0.2) is 0 Å². The monoisotopic (exact) mass is 317 g/mol. The lowest BCUT2D eigenvalue weighted by Crippen LogP contribution is -2.47. The van der Waals surface area contributed by atoms with Gasteiger partial charge in [0.25, 0.3) is 0 Å². The minimum absolute atomic E-state index is 0.326. The number of hydrogen-bond acceptors (Lipinski definition) is 1. The van der Waals surface area contributed by atoms with Crippen LogP contribution in [0.4, 0.5) is 0 Å². The van der Waals surface area contributed by atoms with E-state index in [-0.39, 0.29) is 0 Å². The van der Waals surface area contributed by atoms with E-state index in [0.717, 1.165) is 35.5 Å². The third-order valence-corrected chi connectivity index (χ3v) is 7.46. The van der Waals surface area contributed by atoms with Gasteiger partial charge in [0.05, 0.1) is 0 Å². The molecule has 4 aliphatic carbocycles.